The van der Waals surface area contributed by atoms with Gasteiger partial charge < -0.3 is 14.2 Å². The minimum atomic E-state index is -0.767. The van der Waals surface area contributed by atoms with Gasteiger partial charge in [0, 0.05) is 19.3 Å². The molecule has 6 nitrogen and oxygen atoms in total. The lowest BCUT2D eigenvalue weighted by Gasteiger charge is -2.18. The molecule has 0 radical (unpaired) electrons. The number of hydrogen-bond acceptors (Lipinski definition) is 6. The third kappa shape index (κ3) is 46.9. The normalized spacial score (nSPS) is 12.1. The van der Waals surface area contributed by atoms with Crippen molar-refractivity contribution >= 4 is 17.9 Å². The molecule has 352 valence electrons. The Hall–Kier alpha value is -2.11. The molecule has 0 bridgehead atoms. The Labute approximate surface area is 373 Å². The first-order valence-corrected chi connectivity index (χ1v) is 26.3. The molecular formula is C54H100O6. The smallest absolute Gasteiger partial charge is 0.306 e. The highest BCUT2D eigenvalue weighted by Crippen LogP contribution is 2.16. The van der Waals surface area contributed by atoms with Crippen molar-refractivity contribution < 1.29 is 28.6 Å². The van der Waals surface area contributed by atoms with Gasteiger partial charge in [0.05, 0.1) is 0 Å². The van der Waals surface area contributed by atoms with Crippen LogP contribution in [0.3, 0.4) is 0 Å². The van der Waals surface area contributed by atoms with Crippen molar-refractivity contribution in [1.29, 1.82) is 0 Å². The first-order chi connectivity index (χ1) is 29.5. The second-order valence-corrected chi connectivity index (χ2v) is 17.8. The standard InChI is InChI=1S/C54H100O6/c1-4-7-10-13-16-19-22-24-26-27-28-30-32-35-38-41-44-47-53(56)59-50-51(49-58-52(55)46-43-40-37-34-31-21-18-15-12-9-6-3)60-54(57)48-45-42-39-36-33-29-25-23-20-17-14-11-8-5-2/h16,19,24,26,51H,4-15,17-18,20-23,25,27-50H2,1-3H3/b19-16-,26-24-. The third-order valence-corrected chi connectivity index (χ3v) is 11.7. The van der Waals surface area contributed by atoms with E-state index in [9.17, 15) is 14.4 Å². The fraction of sp³-hybridized carbons (Fsp3) is 0.870. The predicted octanol–water partition coefficient (Wildman–Crippen LogP) is 17.2. The molecule has 1 atom stereocenters. The maximum atomic E-state index is 12.8. The molecule has 0 aromatic rings. The van der Waals surface area contributed by atoms with E-state index >= 15 is 0 Å². The lowest BCUT2D eigenvalue weighted by atomic mass is 10.0. The molecule has 6 heteroatoms. The Kier molecular flexibility index (Phi) is 47.8. The second-order valence-electron chi connectivity index (χ2n) is 17.8. The first-order valence-electron chi connectivity index (χ1n) is 26.3. The second kappa shape index (κ2) is 49.5. The van der Waals surface area contributed by atoms with Crippen LogP contribution < -0.4 is 0 Å². The summed E-state index contributed by atoms with van der Waals surface area (Å²) >= 11 is 0. The van der Waals surface area contributed by atoms with Crippen molar-refractivity contribution in [2.24, 2.45) is 0 Å². The number of rotatable bonds is 48. The van der Waals surface area contributed by atoms with Crippen LogP contribution in [0.5, 0.6) is 0 Å². The molecule has 0 rings (SSSR count). The monoisotopic (exact) mass is 845 g/mol. The van der Waals surface area contributed by atoms with E-state index in [4.69, 9.17) is 14.2 Å². The maximum Gasteiger partial charge on any atom is 0.306 e. The molecule has 0 N–H and O–H groups in total. The fourth-order valence-electron chi connectivity index (χ4n) is 7.71. The van der Waals surface area contributed by atoms with Crippen molar-refractivity contribution in [2.45, 2.75) is 290 Å². The minimum absolute atomic E-state index is 0.0689. The summed E-state index contributed by atoms with van der Waals surface area (Å²) in [6.07, 6.45) is 55.8. The molecule has 0 aliphatic rings. The van der Waals surface area contributed by atoms with E-state index in [-0.39, 0.29) is 31.1 Å². The molecule has 0 saturated carbocycles. The molecule has 0 saturated heterocycles. The van der Waals surface area contributed by atoms with E-state index < -0.39 is 6.10 Å². The Morgan fingerprint density at radius 3 is 0.950 bits per heavy atom. The van der Waals surface area contributed by atoms with Gasteiger partial charge >= 0.3 is 17.9 Å². The van der Waals surface area contributed by atoms with Crippen LogP contribution >= 0.6 is 0 Å². The molecule has 0 aliphatic heterocycles. The fourth-order valence-corrected chi connectivity index (χ4v) is 7.71. The average molecular weight is 845 g/mol. The van der Waals surface area contributed by atoms with Crippen LogP contribution in [0, 0.1) is 0 Å². The van der Waals surface area contributed by atoms with E-state index in [0.717, 1.165) is 70.6 Å². The van der Waals surface area contributed by atoms with E-state index in [1.54, 1.807) is 0 Å². The number of carbonyl (C=O) groups excluding carboxylic acids is 3. The van der Waals surface area contributed by atoms with Gasteiger partial charge in [-0.1, -0.05) is 238 Å². The average Bonchev–Trinajstić information content (AvgIpc) is 3.24. The lowest BCUT2D eigenvalue weighted by molar-refractivity contribution is -0.167. The Morgan fingerprint density at radius 2 is 0.600 bits per heavy atom. The molecule has 0 fully saturated rings. The Balaban J connectivity index is 4.32. The summed E-state index contributed by atoms with van der Waals surface area (Å²) in [5, 5.41) is 0. The van der Waals surface area contributed by atoms with Gasteiger partial charge in [0.15, 0.2) is 6.10 Å². The number of ether oxygens (including phenoxy) is 3. The highest BCUT2D eigenvalue weighted by molar-refractivity contribution is 5.71. The van der Waals surface area contributed by atoms with Crippen molar-refractivity contribution in [2.75, 3.05) is 13.2 Å². The van der Waals surface area contributed by atoms with Crippen LogP contribution in [0.15, 0.2) is 24.3 Å². The lowest BCUT2D eigenvalue weighted by Crippen LogP contribution is -2.30. The molecule has 0 amide bonds. The molecule has 0 heterocycles. The molecule has 0 aromatic heterocycles. The van der Waals surface area contributed by atoms with Gasteiger partial charge in [-0.3, -0.25) is 14.4 Å². The Bertz CT molecular complexity index is 973. The first kappa shape index (κ1) is 57.9. The van der Waals surface area contributed by atoms with Crippen LogP contribution in [-0.4, -0.2) is 37.2 Å². The van der Waals surface area contributed by atoms with Crippen molar-refractivity contribution in [3.8, 4) is 0 Å². The van der Waals surface area contributed by atoms with E-state index in [1.165, 1.54) is 173 Å². The van der Waals surface area contributed by atoms with Gasteiger partial charge in [-0.25, -0.2) is 0 Å². The topological polar surface area (TPSA) is 78.9 Å². The SMILES string of the molecule is CCCCC/C=C\C/C=C\CCCCCCCCCC(=O)OCC(COC(=O)CCCCCCCCCCCCC)OC(=O)CCCCCCCCCCCCCCCC. The maximum absolute atomic E-state index is 12.8. The Morgan fingerprint density at radius 1 is 0.333 bits per heavy atom. The van der Waals surface area contributed by atoms with Crippen molar-refractivity contribution in [3.05, 3.63) is 24.3 Å². The quantitative estimate of drug-likeness (QED) is 0.0263. The van der Waals surface area contributed by atoms with Crippen LogP contribution in [0.2, 0.25) is 0 Å². The molecule has 0 aromatic carbocycles. The number of hydrogen-bond donors (Lipinski definition) is 0. The van der Waals surface area contributed by atoms with Crippen LogP contribution in [0.4, 0.5) is 0 Å². The predicted molar refractivity (Wildman–Crippen MR) is 256 cm³/mol. The van der Waals surface area contributed by atoms with E-state index in [2.05, 4.69) is 45.1 Å². The van der Waals surface area contributed by atoms with Gasteiger partial charge in [0.25, 0.3) is 0 Å². The molecule has 1 unspecified atom stereocenters. The van der Waals surface area contributed by atoms with Gasteiger partial charge in [-0.15, -0.1) is 0 Å². The molecular weight excluding hydrogens is 745 g/mol. The summed E-state index contributed by atoms with van der Waals surface area (Å²) in [5.41, 5.74) is 0. The zero-order valence-electron chi connectivity index (χ0n) is 40.2. The van der Waals surface area contributed by atoms with Gasteiger partial charge in [-0.2, -0.15) is 0 Å². The van der Waals surface area contributed by atoms with Gasteiger partial charge in [0.2, 0.25) is 0 Å². The van der Waals surface area contributed by atoms with Gasteiger partial charge in [-0.05, 0) is 51.4 Å². The van der Waals surface area contributed by atoms with E-state index in [0.29, 0.717) is 19.3 Å². The van der Waals surface area contributed by atoms with E-state index in [1.807, 2.05) is 0 Å². The van der Waals surface area contributed by atoms with Crippen molar-refractivity contribution in [3.63, 3.8) is 0 Å². The number of esters is 3. The zero-order chi connectivity index (χ0) is 43.7. The number of allylic oxidation sites excluding steroid dienone is 4. The highest BCUT2D eigenvalue weighted by Gasteiger charge is 2.19. The molecule has 0 spiro atoms. The summed E-state index contributed by atoms with van der Waals surface area (Å²) in [6, 6.07) is 0. The largest absolute Gasteiger partial charge is 0.462 e. The summed E-state index contributed by atoms with van der Waals surface area (Å²) < 4.78 is 16.8. The van der Waals surface area contributed by atoms with Crippen LogP contribution in [0.25, 0.3) is 0 Å². The summed E-state index contributed by atoms with van der Waals surface area (Å²) in [5.74, 6) is -0.863. The van der Waals surface area contributed by atoms with Crippen LogP contribution in [-0.2, 0) is 28.6 Å². The summed E-state index contributed by atoms with van der Waals surface area (Å²) in [6.45, 7) is 6.63. The summed E-state index contributed by atoms with van der Waals surface area (Å²) in [4.78, 5) is 37.9. The highest BCUT2D eigenvalue weighted by atomic mass is 16.6. The van der Waals surface area contributed by atoms with Crippen molar-refractivity contribution in [1.82, 2.24) is 0 Å². The third-order valence-electron chi connectivity index (χ3n) is 11.7. The van der Waals surface area contributed by atoms with Crippen LogP contribution in [0.1, 0.15) is 284 Å². The van der Waals surface area contributed by atoms with Gasteiger partial charge in [0.1, 0.15) is 13.2 Å². The zero-order valence-corrected chi connectivity index (χ0v) is 40.2. The number of unbranched alkanes of at least 4 members (excludes halogenated alkanes) is 33. The molecule has 0 aliphatic carbocycles. The minimum Gasteiger partial charge on any atom is -0.462 e. The summed E-state index contributed by atoms with van der Waals surface area (Å²) in [7, 11) is 0. The molecule has 60 heavy (non-hydrogen) atoms. The number of carbonyl (C=O) groups is 3.